The Kier molecular flexibility index (Phi) is 4.77. The van der Waals surface area contributed by atoms with Crippen LogP contribution < -0.4 is 10.6 Å². The third kappa shape index (κ3) is 3.50. The number of carbonyl (C=O) groups excluding carboxylic acids is 1. The lowest BCUT2D eigenvalue weighted by Crippen LogP contribution is -2.44. The molecule has 0 unspecified atom stereocenters. The van der Waals surface area contributed by atoms with Crippen molar-refractivity contribution >= 4 is 6.03 Å². The first-order valence-corrected chi connectivity index (χ1v) is 8.05. The Labute approximate surface area is 130 Å². The van der Waals surface area contributed by atoms with Gasteiger partial charge in [0.2, 0.25) is 0 Å². The molecule has 0 saturated carbocycles. The third-order valence-electron chi connectivity index (χ3n) is 4.39. The van der Waals surface area contributed by atoms with Crippen LogP contribution in [0.15, 0.2) is 24.0 Å². The smallest absolute Gasteiger partial charge is 0.315 e. The number of urea groups is 1. The minimum Gasteiger partial charge on any atom is -0.368 e. The van der Waals surface area contributed by atoms with E-state index in [0.717, 1.165) is 18.7 Å². The van der Waals surface area contributed by atoms with Crippen molar-refractivity contribution in [2.75, 3.05) is 13.2 Å². The van der Waals surface area contributed by atoms with Crippen molar-refractivity contribution in [2.24, 2.45) is 7.05 Å². The van der Waals surface area contributed by atoms with E-state index in [0.29, 0.717) is 13.2 Å². The van der Waals surface area contributed by atoms with E-state index in [1.807, 2.05) is 17.8 Å². The van der Waals surface area contributed by atoms with E-state index >= 15 is 0 Å². The van der Waals surface area contributed by atoms with E-state index in [4.69, 9.17) is 4.74 Å². The van der Waals surface area contributed by atoms with E-state index in [2.05, 4.69) is 21.7 Å². The monoisotopic (exact) mass is 304 g/mol. The fourth-order valence-electron chi connectivity index (χ4n) is 3.16. The number of allylic oxidation sites excluding steroid dienone is 1. The van der Waals surface area contributed by atoms with Crippen LogP contribution >= 0.6 is 0 Å². The zero-order valence-corrected chi connectivity index (χ0v) is 13.0. The SMILES string of the molecule is Cn1ccnc1[C@H]1OCC[C@@H]1NC(=O)NCCC1=CCCC1. The van der Waals surface area contributed by atoms with Crippen LogP contribution in [0.2, 0.25) is 0 Å². The molecule has 120 valence electrons. The number of rotatable bonds is 5. The summed E-state index contributed by atoms with van der Waals surface area (Å²) in [6, 6.07) is -0.139. The largest absolute Gasteiger partial charge is 0.368 e. The Morgan fingerprint density at radius 2 is 2.45 bits per heavy atom. The molecule has 0 spiro atoms. The lowest BCUT2D eigenvalue weighted by atomic mass is 10.1. The van der Waals surface area contributed by atoms with Crippen molar-refractivity contribution in [3.8, 4) is 0 Å². The van der Waals surface area contributed by atoms with Gasteiger partial charge in [-0.2, -0.15) is 0 Å². The van der Waals surface area contributed by atoms with Gasteiger partial charge in [0, 0.05) is 32.6 Å². The summed E-state index contributed by atoms with van der Waals surface area (Å²) in [5.41, 5.74) is 1.47. The summed E-state index contributed by atoms with van der Waals surface area (Å²) in [5.74, 6) is 0.860. The van der Waals surface area contributed by atoms with E-state index in [-0.39, 0.29) is 18.2 Å². The minimum atomic E-state index is -0.164. The molecule has 2 N–H and O–H groups in total. The van der Waals surface area contributed by atoms with Gasteiger partial charge in [-0.05, 0) is 32.1 Å². The number of hydrogen-bond donors (Lipinski definition) is 2. The molecule has 3 rings (SSSR count). The molecule has 1 saturated heterocycles. The number of aryl methyl sites for hydroxylation is 1. The van der Waals surface area contributed by atoms with E-state index in [1.165, 1.54) is 24.8 Å². The van der Waals surface area contributed by atoms with Gasteiger partial charge in [0.05, 0.1) is 6.04 Å². The summed E-state index contributed by atoms with van der Waals surface area (Å²) in [4.78, 5) is 16.4. The summed E-state index contributed by atoms with van der Waals surface area (Å²) in [6.07, 6.45) is 11.2. The predicted molar refractivity (Wildman–Crippen MR) is 83.4 cm³/mol. The van der Waals surface area contributed by atoms with Crippen molar-refractivity contribution in [1.29, 1.82) is 0 Å². The van der Waals surface area contributed by atoms with Crippen LogP contribution in [0.4, 0.5) is 4.79 Å². The van der Waals surface area contributed by atoms with Crippen molar-refractivity contribution < 1.29 is 9.53 Å². The second kappa shape index (κ2) is 6.96. The third-order valence-corrected chi connectivity index (χ3v) is 4.39. The zero-order chi connectivity index (χ0) is 15.4. The molecule has 0 aromatic carbocycles. The average molecular weight is 304 g/mol. The number of ether oxygens (including phenoxy) is 1. The van der Waals surface area contributed by atoms with Gasteiger partial charge < -0.3 is 19.9 Å². The Hall–Kier alpha value is -1.82. The lowest BCUT2D eigenvalue weighted by Gasteiger charge is -2.20. The van der Waals surface area contributed by atoms with Crippen LogP contribution in [0.3, 0.4) is 0 Å². The highest BCUT2D eigenvalue weighted by Gasteiger charge is 2.33. The number of aromatic nitrogens is 2. The molecule has 6 heteroatoms. The van der Waals surface area contributed by atoms with Crippen molar-refractivity contribution in [3.63, 3.8) is 0 Å². The number of nitrogens with zero attached hydrogens (tertiary/aromatic N) is 2. The number of carbonyl (C=O) groups is 1. The molecule has 1 aliphatic heterocycles. The van der Waals surface area contributed by atoms with Gasteiger partial charge in [-0.1, -0.05) is 11.6 Å². The van der Waals surface area contributed by atoms with Gasteiger partial charge in [-0.25, -0.2) is 9.78 Å². The summed E-state index contributed by atoms with van der Waals surface area (Å²) >= 11 is 0. The second-order valence-corrected chi connectivity index (χ2v) is 5.99. The van der Waals surface area contributed by atoms with Gasteiger partial charge in [-0.15, -0.1) is 0 Å². The summed E-state index contributed by atoms with van der Waals surface area (Å²) in [7, 11) is 1.94. The Bertz CT molecular complexity index is 552. The molecule has 1 aromatic heterocycles. The van der Waals surface area contributed by atoms with Gasteiger partial charge >= 0.3 is 6.03 Å². The normalized spacial score (nSPS) is 24.3. The Morgan fingerprint density at radius 3 is 3.18 bits per heavy atom. The maximum atomic E-state index is 12.0. The Morgan fingerprint density at radius 1 is 1.55 bits per heavy atom. The molecule has 2 aliphatic rings. The maximum Gasteiger partial charge on any atom is 0.315 e. The van der Waals surface area contributed by atoms with Gasteiger partial charge in [0.25, 0.3) is 0 Å². The second-order valence-electron chi connectivity index (χ2n) is 5.99. The molecule has 22 heavy (non-hydrogen) atoms. The van der Waals surface area contributed by atoms with E-state index in [1.54, 1.807) is 6.20 Å². The predicted octanol–water partition coefficient (Wildman–Crippen LogP) is 2.05. The lowest BCUT2D eigenvalue weighted by molar-refractivity contribution is 0.0908. The van der Waals surface area contributed by atoms with Crippen molar-refractivity contribution in [1.82, 2.24) is 20.2 Å². The topological polar surface area (TPSA) is 68.2 Å². The fourth-order valence-corrected chi connectivity index (χ4v) is 3.16. The summed E-state index contributed by atoms with van der Waals surface area (Å²) in [5, 5.41) is 5.97. The number of hydrogen-bond acceptors (Lipinski definition) is 3. The summed E-state index contributed by atoms with van der Waals surface area (Å²) in [6.45, 7) is 1.34. The number of nitrogens with one attached hydrogen (secondary N) is 2. The fraction of sp³-hybridized carbons (Fsp3) is 0.625. The molecule has 2 amide bonds. The van der Waals surface area contributed by atoms with Gasteiger partial charge in [0.15, 0.2) is 0 Å². The number of imidazole rings is 1. The van der Waals surface area contributed by atoms with Crippen LogP contribution in [0.5, 0.6) is 0 Å². The van der Waals surface area contributed by atoms with Gasteiger partial charge in [0.1, 0.15) is 11.9 Å². The van der Waals surface area contributed by atoms with E-state index in [9.17, 15) is 4.79 Å². The quantitative estimate of drug-likeness (QED) is 0.818. The molecule has 1 aromatic rings. The van der Waals surface area contributed by atoms with Crippen molar-refractivity contribution in [2.45, 2.75) is 44.2 Å². The highest BCUT2D eigenvalue weighted by molar-refractivity contribution is 5.74. The van der Waals surface area contributed by atoms with Crippen LogP contribution in [0.1, 0.15) is 44.0 Å². The van der Waals surface area contributed by atoms with Crippen molar-refractivity contribution in [3.05, 3.63) is 29.9 Å². The summed E-state index contributed by atoms with van der Waals surface area (Å²) < 4.78 is 7.68. The van der Waals surface area contributed by atoms with Crippen LogP contribution in [-0.2, 0) is 11.8 Å². The van der Waals surface area contributed by atoms with Crippen LogP contribution in [0.25, 0.3) is 0 Å². The highest BCUT2D eigenvalue weighted by Crippen LogP contribution is 2.27. The molecule has 0 radical (unpaired) electrons. The van der Waals surface area contributed by atoms with Gasteiger partial charge in [-0.3, -0.25) is 0 Å². The Balaban J connectivity index is 1.47. The standard InChI is InChI=1S/C16H24N4O2/c1-20-10-9-17-15(20)14-13(7-11-22-14)19-16(21)18-8-6-12-4-2-3-5-12/h4,9-10,13-14H,2-3,5-8,11H2,1H3,(H2,18,19,21)/t13-,14-/m0/s1. The van der Waals surface area contributed by atoms with Crippen LogP contribution in [0, 0.1) is 0 Å². The maximum absolute atomic E-state index is 12.0. The van der Waals surface area contributed by atoms with Crippen LogP contribution in [-0.4, -0.2) is 34.8 Å². The molecule has 1 aliphatic carbocycles. The number of amides is 2. The first-order chi connectivity index (χ1) is 10.7. The average Bonchev–Trinajstić information content (AvgIpc) is 3.21. The van der Waals surface area contributed by atoms with E-state index < -0.39 is 0 Å². The first-order valence-electron chi connectivity index (χ1n) is 8.05. The molecule has 2 heterocycles. The molecule has 6 nitrogen and oxygen atoms in total. The molecule has 0 bridgehead atoms. The first kappa shape index (κ1) is 15.1. The molecular formula is C16H24N4O2. The zero-order valence-electron chi connectivity index (χ0n) is 13.0. The molecular weight excluding hydrogens is 280 g/mol. The minimum absolute atomic E-state index is 0.0215. The molecule has 2 atom stereocenters. The molecule has 1 fully saturated rings. The highest BCUT2D eigenvalue weighted by atomic mass is 16.5.